The van der Waals surface area contributed by atoms with Crippen LogP contribution in [0.3, 0.4) is 0 Å². The summed E-state index contributed by atoms with van der Waals surface area (Å²) in [6.45, 7) is 1.78. The maximum atomic E-state index is 12.3. The molecule has 4 rings (SSSR count). The van der Waals surface area contributed by atoms with Gasteiger partial charge in [0.05, 0.1) is 23.1 Å². The molecule has 3 heterocycles. The Kier molecular flexibility index (Phi) is 5.89. The molecular formula is C21H18N4O5S. The van der Waals surface area contributed by atoms with Gasteiger partial charge in [-0.15, -0.1) is 0 Å². The van der Waals surface area contributed by atoms with Gasteiger partial charge in [0.1, 0.15) is 11.4 Å². The number of aromatic amines is 1. The topological polar surface area (TPSA) is 127 Å². The number of rotatable bonds is 8. The van der Waals surface area contributed by atoms with Crippen molar-refractivity contribution in [3.63, 3.8) is 0 Å². The molecule has 158 valence electrons. The fraction of sp³-hybridized carbons (Fsp3) is 0.143. The zero-order valence-corrected chi connectivity index (χ0v) is 17.3. The highest BCUT2D eigenvalue weighted by atomic mass is 32.2. The molecule has 1 aromatic carbocycles. The summed E-state index contributed by atoms with van der Waals surface area (Å²) < 4.78 is 11.0. The van der Waals surface area contributed by atoms with Crippen LogP contribution < -0.4 is 5.32 Å². The van der Waals surface area contributed by atoms with Crippen LogP contribution in [0.5, 0.6) is 0 Å². The van der Waals surface area contributed by atoms with Gasteiger partial charge < -0.3 is 19.1 Å². The predicted molar refractivity (Wildman–Crippen MR) is 116 cm³/mol. The third-order valence-electron chi connectivity index (χ3n) is 4.48. The Morgan fingerprint density at radius 1 is 1.19 bits per heavy atom. The Labute approximate surface area is 181 Å². The first-order chi connectivity index (χ1) is 15.0. The van der Waals surface area contributed by atoms with E-state index in [-0.39, 0.29) is 18.0 Å². The summed E-state index contributed by atoms with van der Waals surface area (Å²) in [4.78, 5) is 30.6. The van der Waals surface area contributed by atoms with Crippen LogP contribution >= 0.6 is 11.8 Å². The van der Waals surface area contributed by atoms with E-state index >= 15 is 0 Å². The number of aromatic nitrogens is 2. The van der Waals surface area contributed by atoms with Gasteiger partial charge in [0.15, 0.2) is 16.7 Å². The van der Waals surface area contributed by atoms with E-state index in [1.54, 1.807) is 37.6 Å². The number of anilines is 1. The summed E-state index contributed by atoms with van der Waals surface area (Å²) in [5, 5.41) is 14.3. The molecule has 4 aromatic rings. The van der Waals surface area contributed by atoms with Crippen LogP contribution in [0.25, 0.3) is 22.9 Å². The molecule has 9 nitrogen and oxygen atoms in total. The highest BCUT2D eigenvalue weighted by Gasteiger charge is 2.18. The van der Waals surface area contributed by atoms with E-state index in [0.29, 0.717) is 39.5 Å². The number of carbonyl (C=O) groups excluding carboxylic acids is 1. The van der Waals surface area contributed by atoms with Crippen LogP contribution in [0.2, 0.25) is 0 Å². The smallest absolute Gasteiger partial charge is 0.271 e. The Morgan fingerprint density at radius 2 is 1.94 bits per heavy atom. The number of nitrogens with one attached hydrogen (secondary N) is 2. The quantitative estimate of drug-likeness (QED) is 0.218. The zero-order chi connectivity index (χ0) is 21.8. The van der Waals surface area contributed by atoms with E-state index in [1.807, 2.05) is 12.1 Å². The number of H-pyrrole nitrogens is 1. The molecule has 31 heavy (non-hydrogen) atoms. The minimum absolute atomic E-state index is 0.0678. The predicted octanol–water partition coefficient (Wildman–Crippen LogP) is 5.27. The summed E-state index contributed by atoms with van der Waals surface area (Å²) in [7, 11) is 0. The molecule has 0 radical (unpaired) electrons. The second-order valence-electron chi connectivity index (χ2n) is 6.62. The van der Waals surface area contributed by atoms with Gasteiger partial charge in [-0.05, 0) is 36.8 Å². The molecule has 0 spiro atoms. The van der Waals surface area contributed by atoms with Crippen LogP contribution in [0.1, 0.15) is 12.0 Å². The number of nitro benzene ring substituents is 1. The molecule has 0 saturated carbocycles. The third kappa shape index (κ3) is 4.69. The molecule has 0 atom stereocenters. The molecule has 0 aliphatic carbocycles. The number of furan rings is 2. The minimum Gasteiger partial charge on any atom is -0.463 e. The van der Waals surface area contributed by atoms with E-state index in [1.165, 1.54) is 23.9 Å². The number of thioether (sulfide) groups is 1. The van der Waals surface area contributed by atoms with E-state index in [9.17, 15) is 14.9 Å². The monoisotopic (exact) mass is 438 g/mol. The number of hydrogen-bond acceptors (Lipinski definition) is 7. The van der Waals surface area contributed by atoms with Crippen molar-refractivity contribution in [2.24, 2.45) is 0 Å². The Morgan fingerprint density at radius 3 is 2.61 bits per heavy atom. The van der Waals surface area contributed by atoms with Gasteiger partial charge in [-0.25, -0.2) is 4.98 Å². The van der Waals surface area contributed by atoms with Gasteiger partial charge in [0.25, 0.3) is 5.69 Å². The second kappa shape index (κ2) is 8.92. The summed E-state index contributed by atoms with van der Waals surface area (Å²) >= 11 is 1.38. The van der Waals surface area contributed by atoms with Gasteiger partial charge in [-0.1, -0.05) is 17.8 Å². The molecular weight excluding hydrogens is 420 g/mol. The average molecular weight is 438 g/mol. The summed E-state index contributed by atoms with van der Waals surface area (Å²) in [6, 6.07) is 11.6. The number of benzene rings is 1. The molecule has 0 aliphatic rings. The lowest BCUT2D eigenvalue weighted by Gasteiger charge is -2.07. The maximum absolute atomic E-state index is 12.3. The van der Waals surface area contributed by atoms with Gasteiger partial charge in [-0.2, -0.15) is 0 Å². The fourth-order valence-electron chi connectivity index (χ4n) is 2.92. The van der Waals surface area contributed by atoms with Crippen molar-refractivity contribution in [2.75, 3.05) is 11.1 Å². The van der Waals surface area contributed by atoms with E-state index < -0.39 is 4.92 Å². The molecule has 0 bridgehead atoms. The molecule has 2 N–H and O–H groups in total. The van der Waals surface area contributed by atoms with Gasteiger partial charge in [-0.3, -0.25) is 14.9 Å². The third-order valence-corrected chi connectivity index (χ3v) is 5.35. The highest BCUT2D eigenvalue weighted by molar-refractivity contribution is 7.99. The molecule has 0 aliphatic heterocycles. The first-order valence-corrected chi connectivity index (χ1v) is 10.4. The number of hydrogen-bond donors (Lipinski definition) is 2. The SMILES string of the molecule is Cc1ccc([N+](=O)[O-])cc1NC(=O)CCSc1nc(-c2ccco2)c(-c2ccco2)[nH]1. The summed E-state index contributed by atoms with van der Waals surface area (Å²) in [5.41, 5.74) is 2.44. The van der Waals surface area contributed by atoms with Gasteiger partial charge in [0.2, 0.25) is 5.91 Å². The first-order valence-electron chi connectivity index (χ1n) is 9.36. The molecule has 10 heteroatoms. The van der Waals surface area contributed by atoms with Crippen molar-refractivity contribution >= 4 is 29.0 Å². The van der Waals surface area contributed by atoms with Crippen molar-refractivity contribution in [1.29, 1.82) is 0 Å². The van der Waals surface area contributed by atoms with Crippen molar-refractivity contribution < 1.29 is 18.6 Å². The molecule has 1 amide bonds. The number of amides is 1. The highest BCUT2D eigenvalue weighted by Crippen LogP contribution is 2.33. The zero-order valence-electron chi connectivity index (χ0n) is 16.5. The minimum atomic E-state index is -0.491. The van der Waals surface area contributed by atoms with E-state index in [0.717, 1.165) is 5.56 Å². The summed E-state index contributed by atoms with van der Waals surface area (Å²) in [5.74, 6) is 1.46. The number of carbonyl (C=O) groups is 1. The van der Waals surface area contributed by atoms with Gasteiger partial charge in [0, 0.05) is 24.3 Å². The molecule has 0 saturated heterocycles. The first kappa shape index (κ1) is 20.5. The van der Waals surface area contributed by atoms with Crippen molar-refractivity contribution in [1.82, 2.24) is 9.97 Å². The molecule has 0 fully saturated rings. The summed E-state index contributed by atoms with van der Waals surface area (Å²) in [6.07, 6.45) is 3.36. The maximum Gasteiger partial charge on any atom is 0.271 e. The number of aryl methyl sites for hydroxylation is 1. The Bertz CT molecular complexity index is 1150. The fourth-order valence-corrected chi connectivity index (χ4v) is 3.73. The average Bonchev–Trinajstić information content (AvgIpc) is 3.50. The van der Waals surface area contributed by atoms with Crippen LogP contribution in [0.15, 0.2) is 69.0 Å². The standard InChI is InChI=1S/C21H18N4O5S/c1-13-6-7-14(25(27)28)12-15(13)22-18(26)8-11-31-21-23-19(16-4-2-9-29-16)20(24-21)17-5-3-10-30-17/h2-7,9-10,12H,8,11H2,1H3,(H,22,26)(H,23,24). The lowest BCUT2D eigenvalue weighted by Crippen LogP contribution is -2.13. The Hall–Kier alpha value is -3.79. The van der Waals surface area contributed by atoms with Crippen LogP contribution in [0, 0.1) is 17.0 Å². The largest absolute Gasteiger partial charge is 0.463 e. The van der Waals surface area contributed by atoms with E-state index in [2.05, 4.69) is 15.3 Å². The van der Waals surface area contributed by atoms with Crippen LogP contribution in [-0.4, -0.2) is 26.6 Å². The molecule has 3 aromatic heterocycles. The number of non-ortho nitro benzene ring substituents is 1. The van der Waals surface area contributed by atoms with Crippen molar-refractivity contribution in [3.05, 3.63) is 70.7 Å². The van der Waals surface area contributed by atoms with Crippen LogP contribution in [0.4, 0.5) is 11.4 Å². The van der Waals surface area contributed by atoms with Crippen molar-refractivity contribution in [3.8, 4) is 22.9 Å². The number of nitro groups is 1. The number of imidazole rings is 1. The second-order valence-corrected chi connectivity index (χ2v) is 7.71. The van der Waals surface area contributed by atoms with Crippen LogP contribution in [-0.2, 0) is 4.79 Å². The van der Waals surface area contributed by atoms with Gasteiger partial charge >= 0.3 is 0 Å². The van der Waals surface area contributed by atoms with E-state index in [4.69, 9.17) is 8.83 Å². The Balaban J connectivity index is 1.41. The normalized spacial score (nSPS) is 10.9. The lowest BCUT2D eigenvalue weighted by molar-refractivity contribution is -0.384. The van der Waals surface area contributed by atoms with Crippen molar-refractivity contribution in [2.45, 2.75) is 18.5 Å². The molecule has 0 unspecified atom stereocenters. The number of nitrogens with zero attached hydrogens (tertiary/aromatic N) is 2. The lowest BCUT2D eigenvalue weighted by atomic mass is 10.2.